The molecule has 1 aromatic heterocycles. The molecule has 1 aliphatic rings. The van der Waals surface area contributed by atoms with E-state index < -0.39 is 0 Å². The van der Waals surface area contributed by atoms with Crippen LogP contribution in [0.1, 0.15) is 49.8 Å². The van der Waals surface area contributed by atoms with Crippen LogP contribution in [0, 0.1) is 5.92 Å². The first kappa shape index (κ1) is 15.0. The van der Waals surface area contributed by atoms with Crippen molar-refractivity contribution in [3.05, 3.63) is 21.9 Å². The summed E-state index contributed by atoms with van der Waals surface area (Å²) in [6.45, 7) is 11.3. The normalized spacial score (nSPS) is 15.6. The van der Waals surface area contributed by atoms with Crippen molar-refractivity contribution in [3.63, 3.8) is 0 Å². The highest BCUT2D eigenvalue weighted by atomic mass is 32.1. The Hall–Kier alpha value is -0.380. The highest BCUT2D eigenvalue weighted by molar-refractivity contribution is 7.11. The zero-order valence-corrected chi connectivity index (χ0v) is 13.4. The lowest BCUT2D eigenvalue weighted by Crippen LogP contribution is -2.27. The van der Waals surface area contributed by atoms with Gasteiger partial charge in [-0.1, -0.05) is 20.8 Å². The van der Waals surface area contributed by atoms with Crippen LogP contribution in [0.25, 0.3) is 0 Å². The quantitative estimate of drug-likeness (QED) is 0.739. The fraction of sp³-hybridized carbons (Fsp3) is 0.750. The smallest absolute Gasteiger partial charge is 0.0330 e. The molecule has 0 aromatic carbocycles. The van der Waals surface area contributed by atoms with E-state index in [0.29, 0.717) is 0 Å². The third-order valence-corrected chi connectivity index (χ3v) is 4.75. The maximum absolute atomic E-state index is 3.40. The Labute approximate surface area is 122 Å². The molecule has 1 saturated carbocycles. The van der Waals surface area contributed by atoms with Crippen LogP contribution >= 0.6 is 11.3 Å². The lowest BCUT2D eigenvalue weighted by molar-refractivity contribution is 0.241. The number of rotatable bonds is 9. The first-order chi connectivity index (χ1) is 9.19. The first-order valence-corrected chi connectivity index (χ1v) is 8.53. The standard InChI is InChI=1S/C16H28N2S/c1-4-17-11-15-7-8-16(19-15)12-18(14-5-6-14)10-9-13(2)3/h7-8,13-14,17H,4-6,9-12H2,1-3H3. The minimum absolute atomic E-state index is 0.814. The van der Waals surface area contributed by atoms with Gasteiger partial charge in [-0.05, 0) is 50.4 Å². The Bertz CT molecular complexity index is 369. The Morgan fingerprint density at radius 1 is 1.32 bits per heavy atom. The fourth-order valence-corrected chi connectivity index (χ4v) is 3.32. The molecule has 1 fully saturated rings. The van der Waals surface area contributed by atoms with E-state index in [1.807, 2.05) is 11.3 Å². The van der Waals surface area contributed by atoms with Crippen molar-refractivity contribution in [1.29, 1.82) is 0 Å². The van der Waals surface area contributed by atoms with E-state index >= 15 is 0 Å². The van der Waals surface area contributed by atoms with Crippen molar-refractivity contribution in [2.24, 2.45) is 5.92 Å². The number of nitrogens with zero attached hydrogens (tertiary/aromatic N) is 1. The molecule has 1 aromatic rings. The molecule has 1 aliphatic carbocycles. The van der Waals surface area contributed by atoms with Gasteiger partial charge in [0.15, 0.2) is 0 Å². The van der Waals surface area contributed by atoms with E-state index in [1.165, 1.54) is 35.6 Å². The molecule has 0 saturated heterocycles. The van der Waals surface area contributed by atoms with Crippen LogP contribution in [-0.2, 0) is 13.1 Å². The molecule has 1 N–H and O–H groups in total. The minimum atomic E-state index is 0.814. The van der Waals surface area contributed by atoms with Gasteiger partial charge in [-0.3, -0.25) is 4.90 Å². The number of thiophene rings is 1. The van der Waals surface area contributed by atoms with Crippen molar-refractivity contribution in [2.75, 3.05) is 13.1 Å². The fourth-order valence-electron chi connectivity index (χ4n) is 2.31. The summed E-state index contributed by atoms with van der Waals surface area (Å²) < 4.78 is 0. The second kappa shape index (κ2) is 7.41. The molecule has 2 rings (SSSR count). The lowest BCUT2D eigenvalue weighted by Gasteiger charge is -2.22. The van der Waals surface area contributed by atoms with E-state index in [2.05, 4.69) is 43.1 Å². The number of hydrogen-bond donors (Lipinski definition) is 1. The molecule has 1 heterocycles. The first-order valence-electron chi connectivity index (χ1n) is 7.71. The van der Waals surface area contributed by atoms with E-state index in [4.69, 9.17) is 0 Å². The second-order valence-electron chi connectivity index (χ2n) is 6.03. The Morgan fingerprint density at radius 3 is 2.68 bits per heavy atom. The van der Waals surface area contributed by atoms with Gasteiger partial charge >= 0.3 is 0 Å². The Kier molecular flexibility index (Phi) is 5.86. The summed E-state index contributed by atoms with van der Waals surface area (Å²) in [6, 6.07) is 5.48. The summed E-state index contributed by atoms with van der Waals surface area (Å²) in [5.41, 5.74) is 0. The van der Waals surface area contributed by atoms with E-state index in [0.717, 1.165) is 31.6 Å². The van der Waals surface area contributed by atoms with Gasteiger partial charge in [0.25, 0.3) is 0 Å². The average Bonchev–Trinajstić information content (AvgIpc) is 3.13. The van der Waals surface area contributed by atoms with Crippen LogP contribution in [0.3, 0.4) is 0 Å². The molecule has 0 aliphatic heterocycles. The molecule has 0 radical (unpaired) electrons. The van der Waals surface area contributed by atoms with E-state index in [-0.39, 0.29) is 0 Å². The van der Waals surface area contributed by atoms with E-state index in [9.17, 15) is 0 Å². The molecule has 0 unspecified atom stereocenters. The minimum Gasteiger partial charge on any atom is -0.312 e. The summed E-state index contributed by atoms with van der Waals surface area (Å²) in [4.78, 5) is 5.70. The molecular formula is C16H28N2S. The number of nitrogens with one attached hydrogen (secondary N) is 1. The van der Waals surface area contributed by atoms with Gasteiger partial charge in [0.1, 0.15) is 0 Å². The molecule has 108 valence electrons. The van der Waals surface area contributed by atoms with Gasteiger partial charge in [0, 0.05) is 28.9 Å². The Balaban J connectivity index is 1.84. The van der Waals surface area contributed by atoms with Gasteiger partial charge < -0.3 is 5.32 Å². The van der Waals surface area contributed by atoms with Gasteiger partial charge in [-0.2, -0.15) is 0 Å². The zero-order valence-electron chi connectivity index (χ0n) is 12.6. The van der Waals surface area contributed by atoms with Crippen LogP contribution in [-0.4, -0.2) is 24.0 Å². The maximum Gasteiger partial charge on any atom is 0.0330 e. The van der Waals surface area contributed by atoms with Crippen molar-refractivity contribution >= 4 is 11.3 Å². The molecule has 0 atom stereocenters. The summed E-state index contributed by atoms with van der Waals surface area (Å²) in [5.74, 6) is 0.814. The molecule has 0 spiro atoms. The maximum atomic E-state index is 3.40. The molecular weight excluding hydrogens is 252 g/mol. The van der Waals surface area contributed by atoms with Crippen LogP contribution in [0.5, 0.6) is 0 Å². The Morgan fingerprint density at radius 2 is 2.05 bits per heavy atom. The van der Waals surface area contributed by atoms with Gasteiger partial charge in [-0.25, -0.2) is 0 Å². The van der Waals surface area contributed by atoms with Crippen molar-refractivity contribution < 1.29 is 0 Å². The lowest BCUT2D eigenvalue weighted by atomic mass is 10.1. The van der Waals surface area contributed by atoms with Crippen LogP contribution < -0.4 is 5.32 Å². The summed E-state index contributed by atoms with van der Waals surface area (Å²) in [7, 11) is 0. The predicted molar refractivity (Wildman–Crippen MR) is 84.6 cm³/mol. The second-order valence-corrected chi connectivity index (χ2v) is 7.29. The highest BCUT2D eigenvalue weighted by Gasteiger charge is 2.28. The van der Waals surface area contributed by atoms with Crippen molar-refractivity contribution in [1.82, 2.24) is 10.2 Å². The highest BCUT2D eigenvalue weighted by Crippen LogP contribution is 2.30. The average molecular weight is 280 g/mol. The topological polar surface area (TPSA) is 15.3 Å². The molecule has 3 heteroatoms. The monoisotopic (exact) mass is 280 g/mol. The zero-order chi connectivity index (χ0) is 13.7. The molecule has 0 amide bonds. The largest absolute Gasteiger partial charge is 0.312 e. The summed E-state index contributed by atoms with van der Waals surface area (Å²) >= 11 is 1.98. The van der Waals surface area contributed by atoms with E-state index in [1.54, 1.807) is 0 Å². The van der Waals surface area contributed by atoms with Crippen molar-refractivity contribution in [3.8, 4) is 0 Å². The van der Waals surface area contributed by atoms with Gasteiger partial charge in [0.2, 0.25) is 0 Å². The molecule has 19 heavy (non-hydrogen) atoms. The van der Waals surface area contributed by atoms with Crippen LogP contribution in [0.2, 0.25) is 0 Å². The van der Waals surface area contributed by atoms with Gasteiger partial charge in [-0.15, -0.1) is 11.3 Å². The number of hydrogen-bond acceptors (Lipinski definition) is 3. The van der Waals surface area contributed by atoms with Gasteiger partial charge in [0.05, 0.1) is 0 Å². The van der Waals surface area contributed by atoms with Crippen LogP contribution in [0.15, 0.2) is 12.1 Å². The third kappa shape index (κ3) is 5.25. The summed E-state index contributed by atoms with van der Waals surface area (Å²) in [6.07, 6.45) is 4.15. The third-order valence-electron chi connectivity index (χ3n) is 3.68. The molecule has 2 nitrogen and oxygen atoms in total. The van der Waals surface area contributed by atoms with Crippen molar-refractivity contribution in [2.45, 2.75) is 59.2 Å². The summed E-state index contributed by atoms with van der Waals surface area (Å²) in [5, 5.41) is 3.40. The predicted octanol–water partition coefficient (Wildman–Crippen LogP) is 3.87. The SMILES string of the molecule is CCNCc1ccc(CN(CCC(C)C)C2CC2)s1. The molecule has 0 bridgehead atoms. The van der Waals surface area contributed by atoms with Crippen LogP contribution in [0.4, 0.5) is 0 Å².